The number of phenolic OH excluding ortho intramolecular Hbond substituents is 1. The Labute approximate surface area is 240 Å². The van der Waals surface area contributed by atoms with Crippen molar-refractivity contribution in [1.29, 1.82) is 0 Å². The number of aromatic nitrogens is 2. The van der Waals surface area contributed by atoms with Gasteiger partial charge in [-0.3, -0.25) is 4.79 Å². The highest BCUT2D eigenvalue weighted by Crippen LogP contribution is 2.41. The van der Waals surface area contributed by atoms with Gasteiger partial charge >= 0.3 is 6.01 Å². The summed E-state index contributed by atoms with van der Waals surface area (Å²) < 4.78 is 26.6. The standard InChI is InChI=1S/C31H40FN5O4/c1-4-11-35(6-3)12-7-16-41-31-33-25-20-37(30(39)28(25)29(34-31)36-13-8-15-40-17-14-36)26-19-22(38)18-21-9-10-24(32)23(5-2)27(21)26/h9-10,18-19,38H,4-8,11-17,20H2,1-3H3. The number of carbonyl (C=O) groups excluding carboxylic acids is 1. The van der Waals surface area contributed by atoms with Gasteiger partial charge in [-0.05, 0) is 61.9 Å². The van der Waals surface area contributed by atoms with Crippen LogP contribution in [0.25, 0.3) is 10.8 Å². The first-order chi connectivity index (χ1) is 19.9. The molecule has 5 rings (SSSR count). The van der Waals surface area contributed by atoms with Crippen molar-refractivity contribution in [3.05, 3.63) is 46.9 Å². The van der Waals surface area contributed by atoms with Gasteiger partial charge < -0.3 is 29.3 Å². The van der Waals surface area contributed by atoms with Crippen LogP contribution in [0.5, 0.6) is 11.8 Å². The maximum Gasteiger partial charge on any atom is 0.318 e. The molecule has 1 amide bonds. The molecule has 2 aliphatic rings. The smallest absolute Gasteiger partial charge is 0.318 e. The van der Waals surface area contributed by atoms with Gasteiger partial charge in [0.15, 0.2) is 0 Å². The van der Waals surface area contributed by atoms with Crippen LogP contribution in [-0.2, 0) is 17.7 Å². The van der Waals surface area contributed by atoms with Crippen molar-refractivity contribution < 1.29 is 23.8 Å². The van der Waals surface area contributed by atoms with E-state index in [4.69, 9.17) is 19.4 Å². The van der Waals surface area contributed by atoms with Gasteiger partial charge in [0, 0.05) is 37.7 Å². The van der Waals surface area contributed by atoms with E-state index in [1.165, 1.54) is 12.1 Å². The van der Waals surface area contributed by atoms with Gasteiger partial charge in [-0.25, -0.2) is 4.39 Å². The monoisotopic (exact) mass is 565 g/mol. The summed E-state index contributed by atoms with van der Waals surface area (Å²) in [5.74, 6) is -0.0647. The molecule has 0 atom stereocenters. The highest BCUT2D eigenvalue weighted by Gasteiger charge is 2.37. The summed E-state index contributed by atoms with van der Waals surface area (Å²) in [4.78, 5) is 29.6. The van der Waals surface area contributed by atoms with Crippen molar-refractivity contribution in [2.75, 3.05) is 62.3 Å². The van der Waals surface area contributed by atoms with Crippen molar-refractivity contribution in [2.24, 2.45) is 0 Å². The number of amides is 1. The zero-order valence-electron chi connectivity index (χ0n) is 24.3. The van der Waals surface area contributed by atoms with Crippen molar-refractivity contribution in [1.82, 2.24) is 14.9 Å². The highest BCUT2D eigenvalue weighted by atomic mass is 19.1. The molecule has 1 saturated heterocycles. The molecule has 0 spiro atoms. The number of anilines is 2. The van der Waals surface area contributed by atoms with Crippen LogP contribution in [0.4, 0.5) is 15.9 Å². The Kier molecular flexibility index (Phi) is 9.19. The molecule has 10 heteroatoms. The molecule has 2 aliphatic heterocycles. The van der Waals surface area contributed by atoms with Crippen LogP contribution >= 0.6 is 0 Å². The molecule has 9 nitrogen and oxygen atoms in total. The van der Waals surface area contributed by atoms with E-state index in [1.807, 2.05) is 6.92 Å². The van der Waals surface area contributed by atoms with Gasteiger partial charge in [0.05, 0.1) is 31.1 Å². The van der Waals surface area contributed by atoms with Crippen LogP contribution in [0.15, 0.2) is 24.3 Å². The van der Waals surface area contributed by atoms with Crippen LogP contribution < -0.4 is 14.5 Å². The summed E-state index contributed by atoms with van der Waals surface area (Å²) in [6, 6.07) is 6.42. The number of hydrogen-bond acceptors (Lipinski definition) is 8. The van der Waals surface area contributed by atoms with E-state index >= 15 is 0 Å². The SMILES string of the molecule is CCCN(CC)CCCOc1nc2c(c(N3CCCOCC3)n1)C(=O)N(c1cc(O)cc3ccc(F)c(CC)c13)C2. The van der Waals surface area contributed by atoms with Crippen molar-refractivity contribution in [2.45, 2.75) is 53.0 Å². The lowest BCUT2D eigenvalue weighted by molar-refractivity contribution is 0.0997. The van der Waals surface area contributed by atoms with E-state index in [0.29, 0.717) is 78.4 Å². The molecular weight excluding hydrogens is 525 g/mol. The second-order valence-corrected chi connectivity index (χ2v) is 10.6. The fourth-order valence-corrected chi connectivity index (χ4v) is 5.84. The third-order valence-electron chi connectivity index (χ3n) is 7.85. The average Bonchev–Trinajstić information content (AvgIpc) is 3.12. The van der Waals surface area contributed by atoms with E-state index in [9.17, 15) is 14.3 Å². The fraction of sp³-hybridized carbons (Fsp3) is 0.516. The van der Waals surface area contributed by atoms with E-state index in [0.717, 1.165) is 38.9 Å². The van der Waals surface area contributed by atoms with Crippen molar-refractivity contribution >= 4 is 28.2 Å². The predicted octanol–water partition coefficient (Wildman–Crippen LogP) is 4.92. The van der Waals surface area contributed by atoms with Gasteiger partial charge in [0.25, 0.3) is 5.91 Å². The van der Waals surface area contributed by atoms with Crippen LogP contribution in [0.2, 0.25) is 0 Å². The summed E-state index contributed by atoms with van der Waals surface area (Å²) in [5, 5.41) is 11.8. The number of benzene rings is 2. The lowest BCUT2D eigenvalue weighted by Gasteiger charge is -2.24. The Bertz CT molecular complexity index is 1390. The minimum absolute atomic E-state index is 0.00844. The number of fused-ring (bicyclic) bond motifs is 2. The zero-order chi connectivity index (χ0) is 28.9. The van der Waals surface area contributed by atoms with Crippen LogP contribution in [0.1, 0.15) is 61.6 Å². The average molecular weight is 566 g/mol. The highest BCUT2D eigenvalue weighted by molar-refractivity contribution is 6.16. The largest absolute Gasteiger partial charge is 0.508 e. The topological polar surface area (TPSA) is 91.3 Å². The molecule has 41 heavy (non-hydrogen) atoms. The van der Waals surface area contributed by atoms with E-state index in [1.54, 1.807) is 17.0 Å². The predicted molar refractivity (Wildman–Crippen MR) is 158 cm³/mol. The molecule has 0 bridgehead atoms. The van der Waals surface area contributed by atoms with Gasteiger partial charge in [-0.15, -0.1) is 0 Å². The number of halogens is 1. The molecule has 3 heterocycles. The molecule has 220 valence electrons. The summed E-state index contributed by atoms with van der Waals surface area (Å²) >= 11 is 0. The van der Waals surface area contributed by atoms with Gasteiger partial charge in [0.2, 0.25) is 0 Å². The molecule has 0 radical (unpaired) electrons. The molecule has 1 fully saturated rings. The van der Waals surface area contributed by atoms with Gasteiger partial charge in [-0.1, -0.05) is 26.8 Å². The molecule has 0 unspecified atom stereocenters. The maximum atomic E-state index is 14.9. The lowest BCUT2D eigenvalue weighted by Crippen LogP contribution is -2.30. The van der Waals surface area contributed by atoms with E-state index in [-0.39, 0.29) is 30.0 Å². The number of hydrogen-bond donors (Lipinski definition) is 1. The Morgan fingerprint density at radius 2 is 1.98 bits per heavy atom. The van der Waals surface area contributed by atoms with Crippen molar-refractivity contribution in [3.8, 4) is 11.8 Å². The summed E-state index contributed by atoms with van der Waals surface area (Å²) in [5.41, 5.74) is 1.95. The first-order valence-corrected chi connectivity index (χ1v) is 14.8. The molecular formula is C31H40FN5O4. The zero-order valence-corrected chi connectivity index (χ0v) is 24.3. The number of rotatable bonds is 11. The summed E-state index contributed by atoms with van der Waals surface area (Å²) in [7, 11) is 0. The number of aryl methyl sites for hydroxylation is 1. The molecule has 1 aromatic heterocycles. The molecule has 2 aromatic carbocycles. The molecule has 0 aliphatic carbocycles. The van der Waals surface area contributed by atoms with Crippen LogP contribution in [-0.4, -0.2) is 78.4 Å². The van der Waals surface area contributed by atoms with Gasteiger partial charge in [-0.2, -0.15) is 9.97 Å². The number of aromatic hydroxyl groups is 1. The summed E-state index contributed by atoms with van der Waals surface area (Å²) in [6.45, 7) is 12.3. The first-order valence-electron chi connectivity index (χ1n) is 14.8. The third-order valence-corrected chi connectivity index (χ3v) is 7.85. The first kappa shape index (κ1) is 29.0. The van der Waals surface area contributed by atoms with Crippen molar-refractivity contribution in [3.63, 3.8) is 0 Å². The molecule has 0 saturated carbocycles. The maximum absolute atomic E-state index is 14.9. The number of phenols is 1. The minimum Gasteiger partial charge on any atom is -0.508 e. The third kappa shape index (κ3) is 6.08. The quantitative estimate of drug-likeness (QED) is 0.328. The number of carbonyl (C=O) groups is 1. The minimum atomic E-state index is -0.336. The second kappa shape index (κ2) is 13.0. The number of nitrogens with zero attached hydrogens (tertiary/aromatic N) is 5. The van der Waals surface area contributed by atoms with Crippen LogP contribution in [0.3, 0.4) is 0 Å². The van der Waals surface area contributed by atoms with E-state index in [2.05, 4.69) is 23.6 Å². The van der Waals surface area contributed by atoms with Crippen LogP contribution in [0, 0.1) is 5.82 Å². The Balaban J connectivity index is 1.50. The normalized spacial score (nSPS) is 15.6. The summed E-state index contributed by atoms with van der Waals surface area (Å²) in [6.07, 6.45) is 3.21. The Morgan fingerprint density at radius 3 is 2.76 bits per heavy atom. The fourth-order valence-electron chi connectivity index (χ4n) is 5.84. The van der Waals surface area contributed by atoms with E-state index < -0.39 is 0 Å². The van der Waals surface area contributed by atoms with Gasteiger partial charge in [0.1, 0.15) is 22.9 Å². The Morgan fingerprint density at radius 1 is 1.12 bits per heavy atom. The second-order valence-electron chi connectivity index (χ2n) is 10.6. The lowest BCUT2D eigenvalue weighted by atomic mass is 9.99. The molecule has 1 N–H and O–H groups in total. The molecule has 3 aromatic rings. The number of ether oxygens (including phenoxy) is 2. The Hall–Kier alpha value is -3.50.